The molecular formula is C21H14BrN3OS. The summed E-state index contributed by atoms with van der Waals surface area (Å²) in [6, 6.07) is 17.2. The fourth-order valence-corrected chi connectivity index (χ4v) is 4.34. The van der Waals surface area contributed by atoms with E-state index in [1.54, 1.807) is 6.08 Å². The lowest BCUT2D eigenvalue weighted by Gasteiger charge is -2.10. The zero-order valence-corrected chi connectivity index (χ0v) is 17.1. The third-order valence-electron chi connectivity index (χ3n) is 4.07. The van der Waals surface area contributed by atoms with Gasteiger partial charge in [-0.2, -0.15) is 10.5 Å². The Balaban J connectivity index is 2.47. The zero-order valence-electron chi connectivity index (χ0n) is 14.7. The molecule has 1 aromatic heterocycles. The van der Waals surface area contributed by atoms with Gasteiger partial charge in [-0.25, -0.2) is 0 Å². The van der Waals surface area contributed by atoms with Gasteiger partial charge in [-0.15, -0.1) is 11.3 Å². The van der Waals surface area contributed by atoms with Crippen LogP contribution in [0.3, 0.4) is 0 Å². The lowest BCUT2D eigenvalue weighted by molar-refractivity contribution is 0.962. The van der Waals surface area contributed by atoms with Gasteiger partial charge in [0.25, 0.3) is 5.56 Å². The van der Waals surface area contributed by atoms with E-state index in [-0.39, 0.29) is 11.1 Å². The second kappa shape index (κ2) is 7.75. The van der Waals surface area contributed by atoms with E-state index >= 15 is 0 Å². The number of halogens is 1. The van der Waals surface area contributed by atoms with Crippen LogP contribution in [0.25, 0.3) is 17.3 Å². The first-order valence-electron chi connectivity index (χ1n) is 8.06. The molecule has 6 heteroatoms. The number of hydrogen-bond donors (Lipinski definition) is 0. The van der Waals surface area contributed by atoms with Crippen molar-refractivity contribution >= 4 is 38.9 Å². The van der Waals surface area contributed by atoms with E-state index in [0.717, 1.165) is 32.5 Å². The molecule has 0 atom stereocenters. The van der Waals surface area contributed by atoms with Crippen molar-refractivity contribution in [1.29, 1.82) is 10.5 Å². The molecule has 1 heterocycles. The van der Waals surface area contributed by atoms with E-state index in [2.05, 4.69) is 15.9 Å². The van der Waals surface area contributed by atoms with Crippen molar-refractivity contribution in [3.05, 3.63) is 83.2 Å². The molecule has 0 N–H and O–H groups in total. The van der Waals surface area contributed by atoms with E-state index in [4.69, 9.17) is 0 Å². The fraction of sp³-hybridized carbons (Fsp3) is 0.0952. The van der Waals surface area contributed by atoms with Crippen molar-refractivity contribution in [1.82, 2.24) is 4.57 Å². The number of aromatic nitrogens is 1. The highest BCUT2D eigenvalue weighted by atomic mass is 79.9. The van der Waals surface area contributed by atoms with Crippen LogP contribution in [0.1, 0.15) is 16.7 Å². The molecule has 3 aromatic rings. The number of nitriles is 2. The molecule has 132 valence electrons. The standard InChI is InChI=1S/C21H14BrN3OS/c1-13-5-3-6-14(2)19(13)25-20(26)18(27-21(25)16(11-23)12-24)10-15-7-4-8-17(22)9-15/h3-10H,1-2H3. The molecule has 0 aliphatic rings. The van der Waals surface area contributed by atoms with Crippen LogP contribution in [0.5, 0.6) is 0 Å². The van der Waals surface area contributed by atoms with Crippen LogP contribution < -0.4 is 14.8 Å². The molecule has 0 aliphatic heterocycles. The second-order valence-corrected chi connectivity index (χ2v) is 7.90. The van der Waals surface area contributed by atoms with Gasteiger partial charge in [-0.1, -0.05) is 46.3 Å². The number of thiazole rings is 1. The summed E-state index contributed by atoms with van der Waals surface area (Å²) >= 11 is 4.58. The van der Waals surface area contributed by atoms with Crippen LogP contribution >= 0.6 is 27.3 Å². The van der Waals surface area contributed by atoms with Gasteiger partial charge in [-0.05, 0) is 48.7 Å². The van der Waals surface area contributed by atoms with Crippen molar-refractivity contribution in [2.75, 3.05) is 0 Å². The van der Waals surface area contributed by atoms with E-state index in [1.807, 2.05) is 68.5 Å². The van der Waals surface area contributed by atoms with Crippen LogP contribution in [-0.4, -0.2) is 4.57 Å². The smallest absolute Gasteiger partial charge is 0.267 e. The van der Waals surface area contributed by atoms with E-state index < -0.39 is 0 Å². The Labute approximate surface area is 168 Å². The largest absolute Gasteiger partial charge is 0.273 e. The van der Waals surface area contributed by atoms with E-state index in [1.165, 1.54) is 4.57 Å². The Morgan fingerprint density at radius 3 is 2.33 bits per heavy atom. The maximum atomic E-state index is 13.2. The number of rotatable bonds is 2. The molecule has 0 amide bonds. The first-order chi connectivity index (χ1) is 13.0. The second-order valence-electron chi connectivity index (χ2n) is 5.95. The molecule has 0 bridgehead atoms. The monoisotopic (exact) mass is 435 g/mol. The molecule has 0 aliphatic carbocycles. The van der Waals surface area contributed by atoms with Crippen molar-refractivity contribution in [2.24, 2.45) is 0 Å². The number of para-hydroxylation sites is 1. The minimum Gasteiger partial charge on any atom is -0.267 e. The maximum Gasteiger partial charge on any atom is 0.273 e. The predicted octanol–water partition coefficient (Wildman–Crippen LogP) is 3.31. The van der Waals surface area contributed by atoms with Gasteiger partial charge in [-0.3, -0.25) is 9.36 Å². The number of aryl methyl sites for hydroxylation is 2. The SMILES string of the molecule is Cc1cccc(C)c1-n1c(=C(C#N)C#N)sc(=Cc2cccc(Br)c2)c1=O. The van der Waals surface area contributed by atoms with Gasteiger partial charge in [0.1, 0.15) is 16.8 Å². The molecule has 0 unspecified atom stereocenters. The van der Waals surface area contributed by atoms with Crippen LogP contribution in [-0.2, 0) is 0 Å². The summed E-state index contributed by atoms with van der Waals surface area (Å²) in [4.78, 5) is 13.2. The summed E-state index contributed by atoms with van der Waals surface area (Å²) < 4.78 is 3.21. The average Bonchev–Trinajstić information content (AvgIpc) is 2.93. The summed E-state index contributed by atoms with van der Waals surface area (Å²) in [5.74, 6) is 0. The number of nitrogens with zero attached hydrogens (tertiary/aromatic N) is 3. The predicted molar refractivity (Wildman–Crippen MR) is 111 cm³/mol. The molecule has 0 saturated heterocycles. The first kappa shape index (κ1) is 18.8. The summed E-state index contributed by atoms with van der Waals surface area (Å²) in [6.45, 7) is 3.82. The topological polar surface area (TPSA) is 69.6 Å². The Kier molecular flexibility index (Phi) is 5.41. The first-order valence-corrected chi connectivity index (χ1v) is 9.67. The Hall–Kier alpha value is -2.93. The third kappa shape index (κ3) is 3.64. The lowest BCUT2D eigenvalue weighted by atomic mass is 10.1. The van der Waals surface area contributed by atoms with Crippen LogP contribution in [0, 0.1) is 36.5 Å². The van der Waals surface area contributed by atoms with Crippen LogP contribution in [0.15, 0.2) is 51.7 Å². The van der Waals surface area contributed by atoms with Gasteiger partial charge in [0, 0.05) is 4.47 Å². The van der Waals surface area contributed by atoms with E-state index in [9.17, 15) is 15.3 Å². The minimum atomic E-state index is -0.240. The molecule has 3 rings (SSSR count). The third-order valence-corrected chi connectivity index (χ3v) is 5.66. The highest BCUT2D eigenvalue weighted by Crippen LogP contribution is 2.16. The summed E-state index contributed by atoms with van der Waals surface area (Å²) in [7, 11) is 0. The van der Waals surface area contributed by atoms with Gasteiger partial charge < -0.3 is 0 Å². The van der Waals surface area contributed by atoms with Gasteiger partial charge >= 0.3 is 0 Å². The molecule has 0 saturated carbocycles. The van der Waals surface area contributed by atoms with Crippen LogP contribution in [0.2, 0.25) is 0 Å². The van der Waals surface area contributed by atoms with Gasteiger partial charge in [0.05, 0.1) is 10.2 Å². The van der Waals surface area contributed by atoms with Crippen molar-refractivity contribution in [2.45, 2.75) is 13.8 Å². The van der Waals surface area contributed by atoms with Crippen molar-refractivity contribution in [3.63, 3.8) is 0 Å². The van der Waals surface area contributed by atoms with Crippen molar-refractivity contribution in [3.8, 4) is 17.8 Å². The molecule has 27 heavy (non-hydrogen) atoms. The zero-order chi connectivity index (χ0) is 19.6. The molecule has 4 nitrogen and oxygen atoms in total. The molecule has 0 radical (unpaired) electrons. The Morgan fingerprint density at radius 1 is 1.11 bits per heavy atom. The molecular weight excluding hydrogens is 422 g/mol. The van der Waals surface area contributed by atoms with Crippen LogP contribution in [0.4, 0.5) is 0 Å². The lowest BCUT2D eigenvalue weighted by Crippen LogP contribution is -2.31. The highest BCUT2D eigenvalue weighted by molar-refractivity contribution is 9.10. The molecule has 0 fully saturated rings. The Bertz CT molecular complexity index is 1270. The number of hydrogen-bond acceptors (Lipinski definition) is 4. The van der Waals surface area contributed by atoms with E-state index in [0.29, 0.717) is 14.9 Å². The molecule has 2 aromatic carbocycles. The number of benzene rings is 2. The average molecular weight is 436 g/mol. The molecule has 0 spiro atoms. The minimum absolute atomic E-state index is 0.0753. The quantitative estimate of drug-likeness (QED) is 0.619. The van der Waals surface area contributed by atoms with Gasteiger partial charge in [0.2, 0.25) is 0 Å². The van der Waals surface area contributed by atoms with Crippen molar-refractivity contribution < 1.29 is 0 Å². The Morgan fingerprint density at radius 2 is 1.74 bits per heavy atom. The summed E-state index contributed by atoms with van der Waals surface area (Å²) in [6.07, 6.45) is 1.78. The fourth-order valence-electron chi connectivity index (χ4n) is 2.88. The summed E-state index contributed by atoms with van der Waals surface area (Å²) in [5.41, 5.74) is 3.06. The highest BCUT2D eigenvalue weighted by Gasteiger charge is 2.14. The maximum absolute atomic E-state index is 13.2. The normalized spacial score (nSPS) is 11.1. The van der Waals surface area contributed by atoms with Gasteiger partial charge in [0.15, 0.2) is 5.57 Å². The summed E-state index contributed by atoms with van der Waals surface area (Å²) in [5, 5.41) is 18.8.